The van der Waals surface area contributed by atoms with Crippen molar-refractivity contribution in [3.05, 3.63) is 47.0 Å². The molecule has 3 rings (SSSR count). The summed E-state index contributed by atoms with van der Waals surface area (Å²) in [6, 6.07) is 7.86. The highest BCUT2D eigenvalue weighted by atomic mass is 16.6. The standard InChI is InChI=1S/C15H13NO5/c16-6-11(17)13(18)8-4-5-10-12-7(8)2-1-3-9(12)14(19)21-15(10)20/h1-5,11,13,17-18H,6,16H2. The average molecular weight is 287 g/mol. The topological polar surface area (TPSA) is 110 Å². The third-order valence-corrected chi connectivity index (χ3v) is 3.62. The number of carbonyl (C=O) groups excluding carboxylic acids is 2. The lowest BCUT2D eigenvalue weighted by Gasteiger charge is -2.21. The lowest BCUT2D eigenvalue weighted by Crippen LogP contribution is -2.27. The van der Waals surface area contributed by atoms with Gasteiger partial charge in [0.15, 0.2) is 0 Å². The van der Waals surface area contributed by atoms with E-state index in [4.69, 9.17) is 5.73 Å². The molecule has 108 valence electrons. The molecule has 0 spiro atoms. The Morgan fingerprint density at radius 1 is 1.05 bits per heavy atom. The van der Waals surface area contributed by atoms with Gasteiger partial charge in [0, 0.05) is 11.9 Å². The molecular formula is C15H13NO5. The van der Waals surface area contributed by atoms with Crippen LogP contribution < -0.4 is 5.73 Å². The Bertz CT molecular complexity index is 735. The van der Waals surface area contributed by atoms with Crippen molar-refractivity contribution in [2.45, 2.75) is 12.2 Å². The number of ether oxygens (including phenoxy) is 1. The van der Waals surface area contributed by atoms with Gasteiger partial charge in [0.1, 0.15) is 6.10 Å². The summed E-state index contributed by atoms with van der Waals surface area (Å²) in [4.78, 5) is 23.6. The van der Waals surface area contributed by atoms with Gasteiger partial charge >= 0.3 is 11.9 Å². The van der Waals surface area contributed by atoms with E-state index in [1.54, 1.807) is 18.2 Å². The van der Waals surface area contributed by atoms with Crippen molar-refractivity contribution in [1.29, 1.82) is 0 Å². The zero-order valence-electron chi connectivity index (χ0n) is 10.9. The Morgan fingerprint density at radius 3 is 2.38 bits per heavy atom. The van der Waals surface area contributed by atoms with E-state index in [0.717, 1.165) is 0 Å². The Hall–Kier alpha value is -2.28. The fourth-order valence-corrected chi connectivity index (χ4v) is 2.56. The van der Waals surface area contributed by atoms with E-state index in [-0.39, 0.29) is 17.7 Å². The largest absolute Gasteiger partial charge is 0.389 e. The SMILES string of the molecule is NCC(O)C(O)c1ccc2c3c(cccc13)C(=O)OC2=O. The Balaban J connectivity index is 2.31. The number of rotatable bonds is 3. The molecule has 2 aromatic carbocycles. The summed E-state index contributed by atoms with van der Waals surface area (Å²) in [6.07, 6.45) is -2.33. The molecule has 0 saturated heterocycles. The van der Waals surface area contributed by atoms with Crippen LogP contribution >= 0.6 is 0 Å². The minimum Gasteiger partial charge on any atom is -0.389 e. The molecule has 0 aromatic heterocycles. The number of nitrogens with two attached hydrogens (primary N) is 1. The Morgan fingerprint density at radius 2 is 1.71 bits per heavy atom. The van der Waals surface area contributed by atoms with Crippen LogP contribution in [-0.2, 0) is 4.74 Å². The fraction of sp³-hybridized carbons (Fsp3) is 0.200. The Kier molecular flexibility index (Phi) is 3.21. The number of aliphatic hydroxyl groups is 2. The molecule has 1 heterocycles. The molecule has 6 nitrogen and oxygen atoms in total. The van der Waals surface area contributed by atoms with Gasteiger partial charge in [-0.25, -0.2) is 9.59 Å². The predicted molar refractivity (Wildman–Crippen MR) is 73.7 cm³/mol. The Labute approximate surface area is 119 Å². The lowest BCUT2D eigenvalue weighted by molar-refractivity contribution is 0.0252. The first-order valence-electron chi connectivity index (χ1n) is 6.43. The highest BCUT2D eigenvalue weighted by Gasteiger charge is 2.29. The number of cyclic esters (lactones) is 2. The van der Waals surface area contributed by atoms with E-state index in [2.05, 4.69) is 4.74 Å². The van der Waals surface area contributed by atoms with Crippen molar-refractivity contribution in [3.63, 3.8) is 0 Å². The average Bonchev–Trinajstić information content (AvgIpc) is 2.50. The number of aliphatic hydroxyl groups excluding tert-OH is 2. The molecule has 0 bridgehead atoms. The van der Waals surface area contributed by atoms with E-state index in [1.165, 1.54) is 12.1 Å². The fourth-order valence-electron chi connectivity index (χ4n) is 2.56. The van der Waals surface area contributed by atoms with Crippen LogP contribution in [0.3, 0.4) is 0 Å². The molecule has 1 aliphatic heterocycles. The maximum atomic E-state index is 11.8. The van der Waals surface area contributed by atoms with Crippen LogP contribution in [-0.4, -0.2) is 34.8 Å². The third kappa shape index (κ3) is 2.01. The van der Waals surface area contributed by atoms with Gasteiger partial charge in [-0.15, -0.1) is 0 Å². The van der Waals surface area contributed by atoms with E-state index < -0.39 is 24.1 Å². The van der Waals surface area contributed by atoms with E-state index in [9.17, 15) is 19.8 Å². The van der Waals surface area contributed by atoms with Crippen LogP contribution in [0.2, 0.25) is 0 Å². The normalized spacial score (nSPS) is 16.7. The molecule has 0 radical (unpaired) electrons. The van der Waals surface area contributed by atoms with Gasteiger partial charge in [0.2, 0.25) is 0 Å². The second kappa shape index (κ2) is 4.92. The van der Waals surface area contributed by atoms with Crippen LogP contribution in [0.5, 0.6) is 0 Å². The summed E-state index contributed by atoms with van der Waals surface area (Å²) in [5, 5.41) is 20.8. The van der Waals surface area contributed by atoms with Crippen LogP contribution in [0.4, 0.5) is 0 Å². The van der Waals surface area contributed by atoms with E-state index >= 15 is 0 Å². The van der Waals surface area contributed by atoms with E-state index in [0.29, 0.717) is 16.3 Å². The minimum absolute atomic E-state index is 0.106. The number of hydrogen-bond acceptors (Lipinski definition) is 6. The number of hydrogen-bond donors (Lipinski definition) is 3. The first-order valence-corrected chi connectivity index (χ1v) is 6.43. The summed E-state index contributed by atoms with van der Waals surface area (Å²) < 4.78 is 4.66. The van der Waals surface area contributed by atoms with Crippen molar-refractivity contribution in [1.82, 2.24) is 0 Å². The van der Waals surface area contributed by atoms with Gasteiger partial charge in [0.05, 0.1) is 17.2 Å². The van der Waals surface area contributed by atoms with Crippen molar-refractivity contribution < 1.29 is 24.5 Å². The van der Waals surface area contributed by atoms with E-state index in [1.807, 2.05) is 0 Å². The zero-order valence-corrected chi connectivity index (χ0v) is 10.9. The molecule has 2 aromatic rings. The van der Waals surface area contributed by atoms with Crippen LogP contribution in [0, 0.1) is 0 Å². The maximum absolute atomic E-state index is 11.8. The van der Waals surface area contributed by atoms with Gasteiger partial charge in [-0.2, -0.15) is 0 Å². The first-order chi connectivity index (χ1) is 10.0. The van der Waals surface area contributed by atoms with Gasteiger partial charge in [-0.1, -0.05) is 18.2 Å². The van der Waals surface area contributed by atoms with Crippen molar-refractivity contribution in [2.75, 3.05) is 6.54 Å². The molecule has 0 fully saturated rings. The molecule has 0 saturated carbocycles. The smallest absolute Gasteiger partial charge is 0.346 e. The minimum atomic E-state index is -1.20. The van der Waals surface area contributed by atoms with Crippen molar-refractivity contribution in [2.24, 2.45) is 5.73 Å². The predicted octanol–water partition coefficient (Wildman–Crippen LogP) is 0.503. The summed E-state index contributed by atoms with van der Waals surface area (Å²) in [7, 11) is 0. The molecular weight excluding hydrogens is 274 g/mol. The van der Waals surface area contributed by atoms with Crippen LogP contribution in [0.25, 0.3) is 10.8 Å². The lowest BCUT2D eigenvalue weighted by atomic mass is 9.90. The van der Waals surface area contributed by atoms with Gasteiger partial charge in [-0.05, 0) is 23.1 Å². The molecule has 0 aliphatic carbocycles. The third-order valence-electron chi connectivity index (χ3n) is 3.62. The second-order valence-electron chi connectivity index (χ2n) is 4.86. The molecule has 4 N–H and O–H groups in total. The van der Waals surface area contributed by atoms with Crippen LogP contribution in [0.1, 0.15) is 32.4 Å². The summed E-state index contributed by atoms with van der Waals surface area (Å²) in [5.41, 5.74) is 6.30. The van der Waals surface area contributed by atoms with Crippen molar-refractivity contribution in [3.8, 4) is 0 Å². The summed E-state index contributed by atoms with van der Waals surface area (Å²) >= 11 is 0. The molecule has 21 heavy (non-hydrogen) atoms. The molecule has 6 heteroatoms. The first kappa shape index (κ1) is 13.7. The molecule has 0 amide bonds. The summed E-state index contributed by atoms with van der Waals surface area (Å²) in [5.74, 6) is -1.44. The molecule has 1 aliphatic rings. The summed E-state index contributed by atoms with van der Waals surface area (Å²) in [6.45, 7) is -0.106. The number of benzene rings is 2. The highest BCUT2D eigenvalue weighted by molar-refractivity contribution is 6.21. The monoisotopic (exact) mass is 287 g/mol. The maximum Gasteiger partial charge on any atom is 0.346 e. The van der Waals surface area contributed by atoms with Gasteiger partial charge < -0.3 is 20.7 Å². The zero-order chi connectivity index (χ0) is 15.1. The molecule has 2 atom stereocenters. The highest BCUT2D eigenvalue weighted by Crippen LogP contribution is 2.34. The number of carbonyl (C=O) groups is 2. The van der Waals surface area contributed by atoms with Gasteiger partial charge in [-0.3, -0.25) is 0 Å². The molecule has 2 unspecified atom stereocenters. The second-order valence-corrected chi connectivity index (χ2v) is 4.86. The van der Waals surface area contributed by atoms with Crippen molar-refractivity contribution >= 4 is 22.7 Å². The quantitative estimate of drug-likeness (QED) is 0.560. The van der Waals surface area contributed by atoms with Gasteiger partial charge in [0.25, 0.3) is 0 Å². The van der Waals surface area contributed by atoms with Crippen LogP contribution in [0.15, 0.2) is 30.3 Å². The number of esters is 2.